The number of unbranched alkanes of at least 4 members (excludes halogenated alkanes) is 2. The molecule has 1 spiro atoms. The van der Waals surface area contributed by atoms with E-state index < -0.39 is 29.1 Å². The lowest BCUT2D eigenvalue weighted by Crippen LogP contribution is -2.58. The van der Waals surface area contributed by atoms with Gasteiger partial charge >= 0.3 is 0 Å². The maximum Gasteiger partial charge on any atom is 0.248 e. The molecule has 0 aromatic heterocycles. The summed E-state index contributed by atoms with van der Waals surface area (Å²) in [4.78, 5) is 48.0. The van der Waals surface area contributed by atoms with E-state index >= 15 is 0 Å². The van der Waals surface area contributed by atoms with Gasteiger partial charge in [-0.15, -0.1) is 13.2 Å². The summed E-state index contributed by atoms with van der Waals surface area (Å²) in [7, 11) is 1.74. The number of ether oxygens (including phenoxy) is 1. The van der Waals surface area contributed by atoms with Crippen molar-refractivity contribution in [2.45, 2.75) is 94.9 Å². The summed E-state index contributed by atoms with van der Waals surface area (Å²) in [5.41, 5.74) is -1.84. The molecular weight excluding hydrogens is 482 g/mol. The monoisotopic (exact) mass is 529 g/mol. The Morgan fingerprint density at radius 1 is 1.11 bits per heavy atom. The van der Waals surface area contributed by atoms with E-state index in [1.54, 1.807) is 29.0 Å². The summed E-state index contributed by atoms with van der Waals surface area (Å²) >= 11 is 0. The molecular formula is C30H47N3O5. The van der Waals surface area contributed by atoms with Crippen LogP contribution in [0.2, 0.25) is 0 Å². The number of nitrogens with zero attached hydrogens (tertiary/aromatic N) is 3. The maximum absolute atomic E-state index is 14.6. The van der Waals surface area contributed by atoms with Gasteiger partial charge in [0.1, 0.15) is 11.6 Å². The topological polar surface area (TPSA) is 90.4 Å². The van der Waals surface area contributed by atoms with Gasteiger partial charge in [0.2, 0.25) is 17.7 Å². The van der Waals surface area contributed by atoms with Crippen LogP contribution in [0.4, 0.5) is 0 Å². The molecule has 4 rings (SSSR count). The zero-order valence-electron chi connectivity index (χ0n) is 23.6. The maximum atomic E-state index is 14.6. The Bertz CT molecular complexity index is 933. The zero-order chi connectivity index (χ0) is 27.7. The van der Waals surface area contributed by atoms with Gasteiger partial charge in [0.15, 0.2) is 0 Å². The summed E-state index contributed by atoms with van der Waals surface area (Å²) < 4.78 is 6.87. The van der Waals surface area contributed by atoms with E-state index in [1.165, 1.54) is 6.42 Å². The van der Waals surface area contributed by atoms with Crippen molar-refractivity contribution in [3.63, 3.8) is 0 Å². The fourth-order valence-electron chi connectivity index (χ4n) is 7.83. The summed E-state index contributed by atoms with van der Waals surface area (Å²) in [6, 6.07) is -0.637. The third kappa shape index (κ3) is 4.61. The number of likely N-dealkylation sites (N-methyl/N-ethyl adjacent to an activating group) is 1. The van der Waals surface area contributed by atoms with Crippen molar-refractivity contribution < 1.29 is 24.2 Å². The summed E-state index contributed by atoms with van der Waals surface area (Å²) in [5, 5.41) is 9.27. The Hall–Kier alpha value is -2.19. The number of fused-ring (bicyclic) bond motifs is 1. The highest BCUT2D eigenvalue weighted by atomic mass is 16.5. The average Bonchev–Trinajstić information content (AvgIpc) is 3.41. The third-order valence-electron chi connectivity index (χ3n) is 9.78. The number of hydrogen-bond acceptors (Lipinski definition) is 5. The molecule has 6 atom stereocenters. The van der Waals surface area contributed by atoms with Gasteiger partial charge in [-0.25, -0.2) is 0 Å². The van der Waals surface area contributed by atoms with Gasteiger partial charge in [-0.1, -0.05) is 38.3 Å². The van der Waals surface area contributed by atoms with Crippen LogP contribution in [0.1, 0.15) is 71.6 Å². The Labute approximate surface area is 228 Å². The van der Waals surface area contributed by atoms with Crippen molar-refractivity contribution in [1.29, 1.82) is 0 Å². The minimum absolute atomic E-state index is 0.0183. The molecule has 0 radical (unpaired) electrons. The first-order valence-electron chi connectivity index (χ1n) is 14.6. The zero-order valence-corrected chi connectivity index (χ0v) is 23.6. The van der Waals surface area contributed by atoms with Gasteiger partial charge in [-0.05, 0) is 51.4 Å². The SMILES string of the molecule is C=CCN(C)C(=O)[C@@H]1[C@H]2C(=O)N(CCCCCO)C(C(=O)N(CC=C)C3CCCCC3)C23CC(C)[C@@]1(C)O3. The largest absolute Gasteiger partial charge is 0.396 e. The smallest absolute Gasteiger partial charge is 0.248 e. The van der Waals surface area contributed by atoms with Crippen LogP contribution in [0, 0.1) is 17.8 Å². The highest BCUT2D eigenvalue weighted by Gasteiger charge is 2.80. The van der Waals surface area contributed by atoms with Crippen LogP contribution in [0.15, 0.2) is 25.3 Å². The quantitative estimate of drug-likeness (QED) is 0.310. The van der Waals surface area contributed by atoms with Crippen molar-refractivity contribution in [3.05, 3.63) is 25.3 Å². The Morgan fingerprint density at radius 3 is 2.42 bits per heavy atom. The molecule has 3 aliphatic heterocycles. The van der Waals surface area contributed by atoms with E-state index in [1.807, 2.05) is 11.8 Å². The van der Waals surface area contributed by atoms with E-state index in [0.29, 0.717) is 38.9 Å². The van der Waals surface area contributed by atoms with Gasteiger partial charge in [0, 0.05) is 39.3 Å². The summed E-state index contributed by atoms with van der Waals surface area (Å²) in [5.74, 6) is -1.65. The molecule has 38 heavy (non-hydrogen) atoms. The van der Waals surface area contributed by atoms with Crippen molar-refractivity contribution in [3.8, 4) is 0 Å². The summed E-state index contributed by atoms with van der Waals surface area (Å²) in [6.45, 7) is 13.1. The van der Waals surface area contributed by atoms with Gasteiger partial charge in [-0.3, -0.25) is 14.4 Å². The van der Waals surface area contributed by atoms with Crippen LogP contribution in [0.3, 0.4) is 0 Å². The highest BCUT2D eigenvalue weighted by molar-refractivity contribution is 5.99. The first-order chi connectivity index (χ1) is 18.2. The van der Waals surface area contributed by atoms with E-state index in [4.69, 9.17) is 4.74 Å². The van der Waals surface area contributed by atoms with Gasteiger partial charge in [-0.2, -0.15) is 0 Å². The highest BCUT2D eigenvalue weighted by Crippen LogP contribution is 2.65. The Morgan fingerprint density at radius 2 is 1.79 bits per heavy atom. The number of hydrogen-bond donors (Lipinski definition) is 1. The lowest BCUT2D eigenvalue weighted by molar-refractivity contribution is -0.155. The Balaban J connectivity index is 1.75. The fourth-order valence-corrected chi connectivity index (χ4v) is 7.83. The average molecular weight is 530 g/mol. The van der Waals surface area contributed by atoms with Crippen molar-refractivity contribution in [2.24, 2.45) is 17.8 Å². The van der Waals surface area contributed by atoms with Crippen molar-refractivity contribution in [1.82, 2.24) is 14.7 Å². The van der Waals surface area contributed by atoms with Gasteiger partial charge in [0.05, 0.1) is 17.4 Å². The first kappa shape index (κ1) is 28.8. The summed E-state index contributed by atoms with van der Waals surface area (Å²) in [6.07, 6.45) is 11.4. The molecule has 8 nitrogen and oxygen atoms in total. The normalized spacial score (nSPS) is 34.3. The number of aliphatic hydroxyl groups is 1. The first-order valence-corrected chi connectivity index (χ1v) is 14.6. The predicted octanol–water partition coefficient (Wildman–Crippen LogP) is 3.15. The van der Waals surface area contributed by atoms with Crippen LogP contribution < -0.4 is 0 Å². The standard InChI is InChI=1S/C30H47N3O5/c1-6-16-31(5)26(35)23-24-27(36)33(18-12-9-13-19-34)25(30(24)20-21(3)29(23,4)38-30)28(37)32(17-7-2)22-14-10-8-11-15-22/h6-7,21-25,34H,1-2,8-20H2,3-5H3/t21?,23-,24-,25?,29+,30?/m0/s1. The van der Waals surface area contributed by atoms with Crippen molar-refractivity contribution >= 4 is 17.7 Å². The second-order valence-corrected chi connectivity index (χ2v) is 12.1. The number of carbonyl (C=O) groups is 3. The van der Waals surface area contributed by atoms with Crippen LogP contribution in [0.25, 0.3) is 0 Å². The predicted molar refractivity (Wildman–Crippen MR) is 146 cm³/mol. The van der Waals surface area contributed by atoms with Crippen molar-refractivity contribution in [2.75, 3.05) is 33.3 Å². The molecule has 0 aromatic rings. The molecule has 4 fully saturated rings. The minimum atomic E-state index is -1.03. The molecule has 212 valence electrons. The Kier molecular flexibility index (Phi) is 8.72. The van der Waals surface area contributed by atoms with E-state index in [0.717, 1.165) is 32.1 Å². The second-order valence-electron chi connectivity index (χ2n) is 12.1. The molecule has 3 heterocycles. The van der Waals surface area contributed by atoms with Crippen LogP contribution in [-0.4, -0.2) is 94.1 Å². The number of carbonyl (C=O) groups excluding carboxylic acids is 3. The molecule has 4 aliphatic rings. The second kappa shape index (κ2) is 11.5. The molecule has 2 bridgehead atoms. The lowest BCUT2D eigenvalue weighted by Gasteiger charge is -2.41. The van der Waals surface area contributed by atoms with Gasteiger partial charge in [0.25, 0.3) is 0 Å². The number of rotatable bonds is 12. The third-order valence-corrected chi connectivity index (χ3v) is 9.78. The molecule has 3 unspecified atom stereocenters. The van der Waals surface area contributed by atoms with Gasteiger partial charge < -0.3 is 24.5 Å². The lowest BCUT2D eigenvalue weighted by atomic mass is 9.62. The van der Waals surface area contributed by atoms with E-state index in [2.05, 4.69) is 20.1 Å². The molecule has 1 saturated carbocycles. The molecule has 8 heteroatoms. The molecule has 3 saturated heterocycles. The number of amides is 3. The van der Waals surface area contributed by atoms with E-state index in [9.17, 15) is 19.5 Å². The number of aliphatic hydroxyl groups excluding tert-OH is 1. The molecule has 1 N–H and O–H groups in total. The van der Waals surface area contributed by atoms with Crippen LogP contribution >= 0.6 is 0 Å². The molecule has 1 aliphatic carbocycles. The molecule has 0 aromatic carbocycles. The minimum Gasteiger partial charge on any atom is -0.396 e. The molecule has 3 amide bonds. The number of likely N-dealkylation sites (tertiary alicyclic amines) is 1. The van der Waals surface area contributed by atoms with Crippen LogP contribution in [0.5, 0.6) is 0 Å². The van der Waals surface area contributed by atoms with Crippen LogP contribution in [-0.2, 0) is 19.1 Å². The van der Waals surface area contributed by atoms with E-state index in [-0.39, 0.29) is 36.3 Å². The fraction of sp³-hybridized carbons (Fsp3) is 0.767.